The number of likely N-dealkylation sites (tertiary alicyclic amines) is 1. The van der Waals surface area contributed by atoms with Crippen LogP contribution in [0.4, 0.5) is 10.6 Å². The lowest BCUT2D eigenvalue weighted by Gasteiger charge is -2.32. The minimum absolute atomic E-state index is 0.00981. The molecule has 1 aromatic heterocycles. The number of anilines is 1. The molecule has 0 unspecified atom stereocenters. The molecule has 7 nitrogen and oxygen atoms in total. The largest absolute Gasteiger partial charge is 0.349 e. The first kappa shape index (κ1) is 18.2. The van der Waals surface area contributed by atoms with Gasteiger partial charge in [0.2, 0.25) is 5.91 Å². The zero-order chi connectivity index (χ0) is 17.9. The van der Waals surface area contributed by atoms with Crippen molar-refractivity contribution >= 4 is 17.8 Å². The Morgan fingerprint density at radius 3 is 2.42 bits per heavy atom. The van der Waals surface area contributed by atoms with Crippen molar-refractivity contribution in [1.29, 1.82) is 0 Å². The van der Waals surface area contributed by atoms with Crippen molar-refractivity contribution in [2.45, 2.75) is 39.0 Å². The standard InChI is InChI=1S/C17H27N5O2/c1-17(2,3)15-18-9-6-13(19-15)20-16(24)22-10-7-12(8-11-22)14(23)21(4)5/h6,9,12H,7-8,10-11H2,1-5H3,(H,18,19,20,24). The molecule has 2 rings (SSSR count). The summed E-state index contributed by atoms with van der Waals surface area (Å²) in [7, 11) is 3.53. The van der Waals surface area contributed by atoms with Crippen LogP contribution < -0.4 is 5.32 Å². The number of amides is 3. The molecule has 1 N–H and O–H groups in total. The molecular weight excluding hydrogens is 306 g/mol. The van der Waals surface area contributed by atoms with Crippen LogP contribution in [0.2, 0.25) is 0 Å². The quantitative estimate of drug-likeness (QED) is 0.899. The Morgan fingerprint density at radius 2 is 1.88 bits per heavy atom. The molecule has 1 aromatic rings. The number of aromatic nitrogens is 2. The van der Waals surface area contributed by atoms with Crippen molar-refractivity contribution in [2.24, 2.45) is 5.92 Å². The maximum absolute atomic E-state index is 12.4. The van der Waals surface area contributed by atoms with Gasteiger partial charge in [-0.3, -0.25) is 10.1 Å². The molecule has 2 heterocycles. The van der Waals surface area contributed by atoms with E-state index in [9.17, 15) is 9.59 Å². The first-order chi connectivity index (χ1) is 11.2. The van der Waals surface area contributed by atoms with Crippen LogP contribution in [0.25, 0.3) is 0 Å². The molecule has 0 spiro atoms. The maximum Gasteiger partial charge on any atom is 0.323 e. The monoisotopic (exact) mass is 333 g/mol. The molecule has 0 radical (unpaired) electrons. The molecule has 0 aromatic carbocycles. The lowest BCUT2D eigenvalue weighted by molar-refractivity contribution is -0.134. The lowest BCUT2D eigenvalue weighted by atomic mass is 9.95. The van der Waals surface area contributed by atoms with Crippen LogP contribution in [0.3, 0.4) is 0 Å². The fourth-order valence-electron chi connectivity index (χ4n) is 2.67. The SMILES string of the molecule is CN(C)C(=O)C1CCN(C(=O)Nc2ccnc(C(C)(C)C)n2)CC1. The van der Waals surface area contributed by atoms with E-state index in [1.807, 2.05) is 20.8 Å². The maximum atomic E-state index is 12.4. The molecule has 1 aliphatic heterocycles. The fraction of sp³-hybridized carbons (Fsp3) is 0.647. The fourth-order valence-corrected chi connectivity index (χ4v) is 2.67. The van der Waals surface area contributed by atoms with Crippen molar-refractivity contribution in [1.82, 2.24) is 19.8 Å². The highest BCUT2D eigenvalue weighted by Gasteiger charge is 2.28. The van der Waals surface area contributed by atoms with Crippen LogP contribution in [-0.4, -0.2) is 58.9 Å². The summed E-state index contributed by atoms with van der Waals surface area (Å²) in [5.41, 5.74) is -0.175. The van der Waals surface area contributed by atoms with Gasteiger partial charge in [0.05, 0.1) is 0 Å². The van der Waals surface area contributed by atoms with E-state index in [4.69, 9.17) is 0 Å². The van der Waals surface area contributed by atoms with Crippen LogP contribution in [-0.2, 0) is 10.2 Å². The molecule has 0 atom stereocenters. The summed E-state index contributed by atoms with van der Waals surface area (Å²) in [6, 6.07) is 1.51. The summed E-state index contributed by atoms with van der Waals surface area (Å²) in [6.07, 6.45) is 3.05. The van der Waals surface area contributed by atoms with E-state index in [1.54, 1.807) is 36.2 Å². The minimum Gasteiger partial charge on any atom is -0.349 e. The molecule has 7 heteroatoms. The first-order valence-corrected chi connectivity index (χ1v) is 8.29. The molecule has 24 heavy (non-hydrogen) atoms. The van der Waals surface area contributed by atoms with Gasteiger partial charge in [-0.15, -0.1) is 0 Å². The average Bonchev–Trinajstić information content (AvgIpc) is 2.53. The van der Waals surface area contributed by atoms with Gasteiger partial charge in [-0.25, -0.2) is 14.8 Å². The zero-order valence-electron chi connectivity index (χ0n) is 15.2. The summed E-state index contributed by atoms with van der Waals surface area (Å²) in [5, 5.41) is 2.83. The third kappa shape index (κ3) is 4.43. The van der Waals surface area contributed by atoms with E-state index in [0.29, 0.717) is 37.6 Å². The van der Waals surface area contributed by atoms with Gasteiger partial charge >= 0.3 is 6.03 Å². The highest BCUT2D eigenvalue weighted by Crippen LogP contribution is 2.21. The smallest absolute Gasteiger partial charge is 0.323 e. The number of hydrogen-bond donors (Lipinski definition) is 1. The number of carbonyl (C=O) groups is 2. The average molecular weight is 333 g/mol. The number of carbonyl (C=O) groups excluding carboxylic acids is 2. The highest BCUT2D eigenvalue weighted by atomic mass is 16.2. The van der Waals surface area contributed by atoms with E-state index >= 15 is 0 Å². The Kier molecular flexibility index (Phi) is 5.41. The summed E-state index contributed by atoms with van der Waals surface area (Å²) >= 11 is 0. The molecule has 0 bridgehead atoms. The van der Waals surface area contributed by atoms with Crippen molar-refractivity contribution in [3.63, 3.8) is 0 Å². The second-order valence-electron chi connectivity index (χ2n) is 7.44. The Hall–Kier alpha value is -2.18. The molecule has 1 saturated heterocycles. The van der Waals surface area contributed by atoms with Crippen LogP contribution in [0, 0.1) is 5.92 Å². The number of nitrogens with zero attached hydrogens (tertiary/aromatic N) is 4. The second kappa shape index (κ2) is 7.15. The van der Waals surface area contributed by atoms with Crippen molar-refractivity contribution in [3.05, 3.63) is 18.1 Å². The van der Waals surface area contributed by atoms with Crippen LogP contribution in [0.1, 0.15) is 39.4 Å². The van der Waals surface area contributed by atoms with Crippen molar-refractivity contribution in [2.75, 3.05) is 32.5 Å². The summed E-state index contributed by atoms with van der Waals surface area (Å²) in [4.78, 5) is 36.4. The predicted molar refractivity (Wildman–Crippen MR) is 92.7 cm³/mol. The van der Waals surface area contributed by atoms with Gasteiger partial charge in [0.15, 0.2) is 0 Å². The summed E-state index contributed by atoms with van der Waals surface area (Å²) in [5.74, 6) is 1.35. The second-order valence-corrected chi connectivity index (χ2v) is 7.44. The number of hydrogen-bond acceptors (Lipinski definition) is 4. The van der Waals surface area contributed by atoms with E-state index < -0.39 is 0 Å². The minimum atomic E-state index is -0.177. The number of nitrogens with one attached hydrogen (secondary N) is 1. The van der Waals surface area contributed by atoms with Crippen molar-refractivity contribution < 1.29 is 9.59 Å². The summed E-state index contributed by atoms with van der Waals surface area (Å²) < 4.78 is 0. The molecular formula is C17H27N5O2. The Bertz CT molecular complexity index is 601. The van der Waals surface area contributed by atoms with Gasteiger partial charge in [0, 0.05) is 44.7 Å². The molecule has 1 aliphatic rings. The molecule has 0 aliphatic carbocycles. The number of urea groups is 1. The van der Waals surface area contributed by atoms with Gasteiger partial charge < -0.3 is 9.80 Å². The molecule has 0 saturated carbocycles. The molecule has 1 fully saturated rings. The third-order valence-corrected chi connectivity index (χ3v) is 4.13. The Morgan fingerprint density at radius 1 is 1.25 bits per heavy atom. The molecule has 132 valence electrons. The highest BCUT2D eigenvalue weighted by molar-refractivity contribution is 5.88. The molecule has 3 amide bonds. The predicted octanol–water partition coefficient (Wildman–Crippen LogP) is 2.11. The van der Waals surface area contributed by atoms with Gasteiger partial charge in [-0.05, 0) is 18.9 Å². The first-order valence-electron chi connectivity index (χ1n) is 8.29. The lowest BCUT2D eigenvalue weighted by Crippen LogP contribution is -2.44. The number of piperidine rings is 1. The van der Waals surface area contributed by atoms with E-state index in [2.05, 4.69) is 15.3 Å². The van der Waals surface area contributed by atoms with E-state index in [1.165, 1.54) is 0 Å². The van der Waals surface area contributed by atoms with Gasteiger partial charge in [-0.2, -0.15) is 0 Å². The van der Waals surface area contributed by atoms with Crippen LogP contribution >= 0.6 is 0 Å². The van der Waals surface area contributed by atoms with E-state index in [-0.39, 0.29) is 23.3 Å². The Balaban J connectivity index is 1.94. The van der Waals surface area contributed by atoms with Crippen molar-refractivity contribution in [3.8, 4) is 0 Å². The summed E-state index contributed by atoms with van der Waals surface area (Å²) in [6.45, 7) is 7.24. The number of rotatable bonds is 2. The Labute approximate surface area is 143 Å². The van der Waals surface area contributed by atoms with Crippen LogP contribution in [0.5, 0.6) is 0 Å². The van der Waals surface area contributed by atoms with E-state index in [0.717, 1.165) is 0 Å². The normalized spacial score (nSPS) is 16.0. The van der Waals surface area contributed by atoms with Gasteiger partial charge in [0.25, 0.3) is 0 Å². The van der Waals surface area contributed by atoms with Gasteiger partial charge in [-0.1, -0.05) is 20.8 Å². The zero-order valence-corrected chi connectivity index (χ0v) is 15.2. The van der Waals surface area contributed by atoms with Gasteiger partial charge in [0.1, 0.15) is 11.6 Å². The third-order valence-electron chi connectivity index (χ3n) is 4.13. The topological polar surface area (TPSA) is 78.4 Å². The van der Waals surface area contributed by atoms with Crippen LogP contribution in [0.15, 0.2) is 12.3 Å².